The Morgan fingerprint density at radius 1 is 1.07 bits per heavy atom. The van der Waals surface area contributed by atoms with Crippen molar-refractivity contribution in [3.63, 3.8) is 0 Å². The highest BCUT2D eigenvalue weighted by Gasteiger charge is 2.23. The maximum Gasteiger partial charge on any atom is 0.262 e. The average molecular weight is 478 g/mol. The minimum Gasteiger partial charge on any atom is -0.350 e. The third-order valence-electron chi connectivity index (χ3n) is 5.14. The molecule has 2 N–H and O–H groups in total. The number of benzene rings is 1. The van der Waals surface area contributed by atoms with Gasteiger partial charge in [-0.3, -0.25) is 9.59 Å². The smallest absolute Gasteiger partial charge is 0.262 e. The second-order valence-electron chi connectivity index (χ2n) is 7.56. The molecule has 0 aliphatic carbocycles. The van der Waals surface area contributed by atoms with Crippen molar-refractivity contribution in [3.8, 4) is 0 Å². The number of likely N-dealkylation sites (tertiary alicyclic amines) is 1. The van der Waals surface area contributed by atoms with E-state index in [4.69, 9.17) is 0 Å². The molecule has 0 bridgehead atoms. The van der Waals surface area contributed by atoms with Gasteiger partial charge >= 0.3 is 0 Å². The molecule has 5 nitrogen and oxygen atoms in total. The molecule has 156 valence electrons. The fourth-order valence-corrected chi connectivity index (χ4v) is 4.90. The standard InChI is InChI=1S/C22H28BrN3O2S/c1-16(24-22(28)19-10-11-20(23)29-19)21(27)25-18(14-17-8-4-2-5-9-17)15-26-12-6-3-7-13-26/h2,4-5,8-11,16,18H,3,6-7,12-15H2,1H3,(H,24,28)(H,25,27)/t16-,18-/m0/s1. The van der Waals surface area contributed by atoms with Crippen LogP contribution in [-0.4, -0.2) is 48.4 Å². The van der Waals surface area contributed by atoms with E-state index in [1.54, 1.807) is 13.0 Å². The molecule has 1 aromatic carbocycles. The number of nitrogens with one attached hydrogen (secondary N) is 2. The van der Waals surface area contributed by atoms with Crippen LogP contribution in [0.4, 0.5) is 0 Å². The summed E-state index contributed by atoms with van der Waals surface area (Å²) < 4.78 is 0.893. The lowest BCUT2D eigenvalue weighted by Crippen LogP contribution is -2.52. The van der Waals surface area contributed by atoms with Gasteiger partial charge in [-0.15, -0.1) is 11.3 Å². The first-order valence-corrected chi connectivity index (χ1v) is 11.7. The van der Waals surface area contributed by atoms with E-state index >= 15 is 0 Å². The highest BCUT2D eigenvalue weighted by Crippen LogP contribution is 2.22. The van der Waals surface area contributed by atoms with Crippen molar-refractivity contribution in [2.45, 2.75) is 44.7 Å². The molecule has 2 aromatic rings. The average Bonchev–Trinajstić information content (AvgIpc) is 3.16. The largest absolute Gasteiger partial charge is 0.350 e. The van der Waals surface area contributed by atoms with Gasteiger partial charge in [0.1, 0.15) is 6.04 Å². The Morgan fingerprint density at radius 3 is 2.45 bits per heavy atom. The molecule has 1 aliphatic heterocycles. The second kappa shape index (κ2) is 10.9. The summed E-state index contributed by atoms with van der Waals surface area (Å²) in [6.07, 6.45) is 4.50. The molecule has 0 saturated carbocycles. The third-order valence-corrected chi connectivity index (χ3v) is 6.76. The Morgan fingerprint density at radius 2 is 1.79 bits per heavy atom. The van der Waals surface area contributed by atoms with Crippen molar-refractivity contribution in [1.82, 2.24) is 15.5 Å². The summed E-state index contributed by atoms with van der Waals surface area (Å²) in [6.45, 7) is 4.73. The molecule has 2 atom stereocenters. The lowest BCUT2D eigenvalue weighted by Gasteiger charge is -2.31. The van der Waals surface area contributed by atoms with E-state index in [1.165, 1.54) is 36.2 Å². The van der Waals surface area contributed by atoms with Gasteiger partial charge in [-0.05, 0) is 72.9 Å². The van der Waals surface area contributed by atoms with Crippen LogP contribution in [0, 0.1) is 0 Å². The van der Waals surface area contributed by atoms with Crippen LogP contribution in [0.3, 0.4) is 0 Å². The number of nitrogens with zero attached hydrogens (tertiary/aromatic N) is 1. The van der Waals surface area contributed by atoms with E-state index in [-0.39, 0.29) is 17.9 Å². The molecule has 7 heteroatoms. The quantitative estimate of drug-likeness (QED) is 0.606. The summed E-state index contributed by atoms with van der Waals surface area (Å²) in [7, 11) is 0. The van der Waals surface area contributed by atoms with Gasteiger partial charge in [0.2, 0.25) is 5.91 Å². The van der Waals surface area contributed by atoms with Gasteiger partial charge < -0.3 is 15.5 Å². The van der Waals surface area contributed by atoms with Crippen LogP contribution in [0.5, 0.6) is 0 Å². The van der Waals surface area contributed by atoms with Gasteiger partial charge in [0, 0.05) is 12.6 Å². The maximum absolute atomic E-state index is 12.8. The Hall–Kier alpha value is -1.70. The molecular weight excluding hydrogens is 450 g/mol. The molecule has 1 aliphatic rings. The molecular formula is C22H28BrN3O2S. The van der Waals surface area contributed by atoms with E-state index in [0.717, 1.165) is 29.8 Å². The summed E-state index contributed by atoms with van der Waals surface area (Å²) in [5, 5.41) is 5.98. The van der Waals surface area contributed by atoms with E-state index in [2.05, 4.69) is 43.6 Å². The summed E-state index contributed by atoms with van der Waals surface area (Å²) in [5.41, 5.74) is 1.20. The number of hydrogen-bond acceptors (Lipinski definition) is 4. The zero-order chi connectivity index (χ0) is 20.6. The fraction of sp³-hybridized carbons (Fsp3) is 0.455. The number of piperidine rings is 1. The van der Waals surface area contributed by atoms with Crippen LogP contribution < -0.4 is 10.6 Å². The summed E-state index contributed by atoms with van der Waals surface area (Å²) in [5.74, 6) is -0.370. The molecule has 0 unspecified atom stereocenters. The molecule has 1 saturated heterocycles. The highest BCUT2D eigenvalue weighted by molar-refractivity contribution is 9.11. The summed E-state index contributed by atoms with van der Waals surface area (Å²) in [6, 6.07) is 13.2. The molecule has 1 aromatic heterocycles. The molecule has 0 radical (unpaired) electrons. The molecule has 2 heterocycles. The molecule has 2 amide bonds. The van der Waals surface area contributed by atoms with Gasteiger partial charge in [-0.2, -0.15) is 0 Å². The number of rotatable bonds is 8. The predicted octanol–water partition coefficient (Wildman–Crippen LogP) is 3.84. The normalized spacial score (nSPS) is 16.8. The number of halogens is 1. The number of amides is 2. The van der Waals surface area contributed by atoms with Gasteiger partial charge in [-0.1, -0.05) is 36.8 Å². The van der Waals surface area contributed by atoms with Gasteiger partial charge in [-0.25, -0.2) is 0 Å². The monoisotopic (exact) mass is 477 g/mol. The van der Waals surface area contributed by atoms with E-state index in [9.17, 15) is 9.59 Å². The first-order chi connectivity index (χ1) is 14.0. The van der Waals surface area contributed by atoms with Crippen LogP contribution in [0.15, 0.2) is 46.3 Å². The third kappa shape index (κ3) is 6.94. The van der Waals surface area contributed by atoms with Crippen molar-refractivity contribution in [2.75, 3.05) is 19.6 Å². The van der Waals surface area contributed by atoms with E-state index in [1.807, 2.05) is 24.3 Å². The Labute approximate surface area is 185 Å². The van der Waals surface area contributed by atoms with Crippen molar-refractivity contribution in [1.29, 1.82) is 0 Å². The zero-order valence-electron chi connectivity index (χ0n) is 16.7. The van der Waals surface area contributed by atoms with Gasteiger partial charge in [0.05, 0.1) is 8.66 Å². The lowest BCUT2D eigenvalue weighted by molar-refractivity contribution is -0.123. The number of hydrogen-bond donors (Lipinski definition) is 2. The Balaban J connectivity index is 1.60. The Kier molecular flexibility index (Phi) is 8.27. The zero-order valence-corrected chi connectivity index (χ0v) is 19.1. The lowest BCUT2D eigenvalue weighted by atomic mass is 10.0. The maximum atomic E-state index is 12.8. The first-order valence-electron chi connectivity index (χ1n) is 10.1. The SMILES string of the molecule is C[C@H](NC(=O)c1ccc(Br)s1)C(=O)N[C@@H](Cc1ccccc1)CN1CCCCC1. The second-order valence-corrected chi connectivity index (χ2v) is 10.0. The molecule has 29 heavy (non-hydrogen) atoms. The van der Waals surface area contributed by atoms with Crippen molar-refractivity contribution < 1.29 is 9.59 Å². The number of carbonyl (C=O) groups excluding carboxylic acids is 2. The molecule has 0 spiro atoms. The van der Waals surface area contributed by atoms with Crippen LogP contribution in [0.25, 0.3) is 0 Å². The number of thiophene rings is 1. The first kappa shape index (κ1) is 22.0. The topological polar surface area (TPSA) is 61.4 Å². The van der Waals surface area contributed by atoms with Crippen LogP contribution in [0.1, 0.15) is 41.4 Å². The van der Waals surface area contributed by atoms with Crippen LogP contribution in [-0.2, 0) is 11.2 Å². The Bertz CT molecular complexity index is 805. The van der Waals surface area contributed by atoms with Crippen molar-refractivity contribution >= 4 is 39.1 Å². The van der Waals surface area contributed by atoms with Crippen molar-refractivity contribution in [3.05, 3.63) is 56.7 Å². The van der Waals surface area contributed by atoms with E-state index in [0.29, 0.717) is 4.88 Å². The van der Waals surface area contributed by atoms with Crippen LogP contribution in [0.2, 0.25) is 0 Å². The molecule has 3 rings (SSSR count). The van der Waals surface area contributed by atoms with E-state index < -0.39 is 6.04 Å². The number of carbonyl (C=O) groups is 2. The predicted molar refractivity (Wildman–Crippen MR) is 121 cm³/mol. The highest BCUT2D eigenvalue weighted by atomic mass is 79.9. The van der Waals surface area contributed by atoms with Gasteiger partial charge in [0.15, 0.2) is 0 Å². The minimum atomic E-state index is -0.594. The van der Waals surface area contributed by atoms with Crippen LogP contribution >= 0.6 is 27.3 Å². The molecule has 1 fully saturated rings. The van der Waals surface area contributed by atoms with Crippen molar-refractivity contribution in [2.24, 2.45) is 0 Å². The fourth-order valence-electron chi connectivity index (χ4n) is 3.61. The summed E-state index contributed by atoms with van der Waals surface area (Å²) in [4.78, 5) is 28.2. The minimum absolute atomic E-state index is 0.0123. The van der Waals surface area contributed by atoms with Gasteiger partial charge in [0.25, 0.3) is 5.91 Å². The summed E-state index contributed by atoms with van der Waals surface area (Å²) >= 11 is 4.72.